The predicted molar refractivity (Wildman–Crippen MR) is 130 cm³/mol. The van der Waals surface area contributed by atoms with E-state index in [9.17, 15) is 9.59 Å². The number of nitrogens with one attached hydrogen (secondary N) is 1. The molecule has 174 valence electrons. The first-order valence-corrected chi connectivity index (χ1v) is 12.3. The van der Waals surface area contributed by atoms with Crippen molar-refractivity contribution in [2.45, 2.75) is 37.1 Å². The largest absolute Gasteiger partial charge is 0.369 e. The molecule has 1 N–H and O–H groups in total. The summed E-state index contributed by atoms with van der Waals surface area (Å²) in [5.41, 5.74) is 1.71. The lowest BCUT2D eigenvalue weighted by Gasteiger charge is -2.36. The maximum Gasteiger partial charge on any atom is 0.232 e. The maximum absolute atomic E-state index is 13.5. The van der Waals surface area contributed by atoms with Crippen molar-refractivity contribution >= 4 is 17.5 Å². The summed E-state index contributed by atoms with van der Waals surface area (Å²) in [5, 5.41) is 3.23. The van der Waals surface area contributed by atoms with E-state index in [0.717, 1.165) is 57.5 Å². The van der Waals surface area contributed by atoms with Crippen molar-refractivity contribution in [3.05, 3.63) is 66.2 Å². The predicted octanol–water partition coefficient (Wildman–Crippen LogP) is 2.65. The maximum atomic E-state index is 13.5. The standard InChI is InChI=1S/C27H34N4O2/c32-25-13-12-24-20-27(21-31(24)25,22-8-3-1-4-9-22)26(33)28-14-7-15-29-16-18-30(19-17-29)23-10-5-2-6-11-23/h1-6,8-11,24H,7,12-21H2,(H,28,33)/t24-,27-/m0/s1. The number of nitrogens with zero attached hydrogens (tertiary/aromatic N) is 3. The number of rotatable bonds is 7. The van der Waals surface area contributed by atoms with Crippen molar-refractivity contribution in [3.8, 4) is 0 Å². The van der Waals surface area contributed by atoms with Crippen LogP contribution in [0.5, 0.6) is 0 Å². The number of carbonyl (C=O) groups is 2. The average Bonchev–Trinajstić information content (AvgIpc) is 3.43. The van der Waals surface area contributed by atoms with Crippen LogP contribution in [0, 0.1) is 0 Å². The molecular formula is C27H34N4O2. The van der Waals surface area contributed by atoms with Gasteiger partial charge in [-0.25, -0.2) is 0 Å². The Morgan fingerprint density at radius 3 is 2.36 bits per heavy atom. The van der Waals surface area contributed by atoms with Gasteiger partial charge in [-0.1, -0.05) is 48.5 Å². The second kappa shape index (κ2) is 9.56. The number of fused-ring (bicyclic) bond motifs is 1. The van der Waals surface area contributed by atoms with Crippen LogP contribution in [0.4, 0.5) is 5.69 Å². The van der Waals surface area contributed by atoms with E-state index in [1.54, 1.807) is 0 Å². The molecule has 2 aromatic carbocycles. The minimum absolute atomic E-state index is 0.0739. The highest BCUT2D eigenvalue weighted by Crippen LogP contribution is 2.43. The fraction of sp³-hybridized carbons (Fsp3) is 0.481. The zero-order valence-electron chi connectivity index (χ0n) is 19.3. The Kier molecular flexibility index (Phi) is 6.36. The van der Waals surface area contributed by atoms with Gasteiger partial charge in [0.05, 0.1) is 5.41 Å². The number of piperazine rings is 1. The fourth-order valence-electron chi connectivity index (χ4n) is 5.78. The third kappa shape index (κ3) is 4.49. The van der Waals surface area contributed by atoms with Crippen LogP contribution in [0.3, 0.4) is 0 Å². The zero-order chi connectivity index (χ0) is 22.7. The molecule has 2 aromatic rings. The number of carbonyl (C=O) groups excluding carboxylic acids is 2. The van der Waals surface area contributed by atoms with E-state index >= 15 is 0 Å². The van der Waals surface area contributed by atoms with E-state index < -0.39 is 5.41 Å². The zero-order valence-corrected chi connectivity index (χ0v) is 19.3. The lowest BCUT2D eigenvalue weighted by Crippen LogP contribution is -2.48. The van der Waals surface area contributed by atoms with Gasteiger partial charge in [0.25, 0.3) is 0 Å². The van der Waals surface area contributed by atoms with E-state index in [-0.39, 0.29) is 17.9 Å². The molecule has 0 aromatic heterocycles. The molecule has 0 unspecified atom stereocenters. The normalized spacial score (nSPS) is 25.3. The Morgan fingerprint density at radius 1 is 0.970 bits per heavy atom. The molecule has 3 fully saturated rings. The summed E-state index contributed by atoms with van der Waals surface area (Å²) in [4.78, 5) is 32.7. The molecule has 3 heterocycles. The molecule has 0 spiro atoms. The van der Waals surface area contributed by atoms with Gasteiger partial charge in [-0.3, -0.25) is 14.5 Å². The summed E-state index contributed by atoms with van der Waals surface area (Å²) >= 11 is 0. The van der Waals surface area contributed by atoms with Crippen LogP contribution in [0.25, 0.3) is 0 Å². The Bertz CT molecular complexity index is 959. The minimum atomic E-state index is -0.622. The molecule has 6 heteroatoms. The summed E-state index contributed by atoms with van der Waals surface area (Å²) in [6.45, 7) is 6.36. The number of hydrogen-bond acceptors (Lipinski definition) is 4. The molecule has 2 amide bonds. The van der Waals surface area contributed by atoms with Gasteiger partial charge in [-0.15, -0.1) is 0 Å². The molecule has 0 radical (unpaired) electrons. The molecule has 6 nitrogen and oxygen atoms in total. The third-order valence-corrected chi connectivity index (χ3v) is 7.67. The summed E-state index contributed by atoms with van der Waals surface area (Å²) in [5.74, 6) is 0.269. The molecule has 0 bridgehead atoms. The topological polar surface area (TPSA) is 55.9 Å². The van der Waals surface area contributed by atoms with Crippen LogP contribution in [-0.4, -0.2) is 73.5 Å². The Morgan fingerprint density at radius 2 is 1.67 bits per heavy atom. The number of benzene rings is 2. The molecule has 3 aliphatic heterocycles. The van der Waals surface area contributed by atoms with Gasteiger partial charge in [-0.05, 0) is 43.5 Å². The fourth-order valence-corrected chi connectivity index (χ4v) is 5.78. The molecular weight excluding hydrogens is 412 g/mol. The van der Waals surface area contributed by atoms with Gasteiger partial charge in [0.2, 0.25) is 11.8 Å². The van der Waals surface area contributed by atoms with Crippen molar-refractivity contribution in [1.29, 1.82) is 0 Å². The van der Waals surface area contributed by atoms with E-state index in [1.807, 2.05) is 35.2 Å². The molecule has 3 saturated heterocycles. The van der Waals surface area contributed by atoms with Gasteiger partial charge in [-0.2, -0.15) is 0 Å². The first-order chi connectivity index (χ1) is 16.2. The van der Waals surface area contributed by atoms with Gasteiger partial charge in [0.1, 0.15) is 0 Å². The van der Waals surface area contributed by atoms with E-state index in [1.165, 1.54) is 5.69 Å². The first kappa shape index (κ1) is 22.0. The third-order valence-electron chi connectivity index (χ3n) is 7.67. The minimum Gasteiger partial charge on any atom is -0.369 e. The lowest BCUT2D eigenvalue weighted by atomic mass is 9.77. The van der Waals surface area contributed by atoms with E-state index in [4.69, 9.17) is 0 Å². The molecule has 0 aliphatic carbocycles. The first-order valence-electron chi connectivity index (χ1n) is 12.3. The van der Waals surface area contributed by atoms with Crippen molar-refractivity contribution in [1.82, 2.24) is 15.1 Å². The van der Waals surface area contributed by atoms with Gasteiger partial charge in [0.15, 0.2) is 0 Å². The van der Waals surface area contributed by atoms with Gasteiger partial charge < -0.3 is 15.1 Å². The van der Waals surface area contributed by atoms with E-state index in [2.05, 4.69) is 45.4 Å². The Labute approximate surface area is 196 Å². The molecule has 5 rings (SSSR count). The average molecular weight is 447 g/mol. The van der Waals surface area contributed by atoms with Crippen molar-refractivity contribution in [3.63, 3.8) is 0 Å². The molecule has 3 aliphatic rings. The number of anilines is 1. The van der Waals surface area contributed by atoms with E-state index in [0.29, 0.717) is 19.5 Å². The number of para-hydroxylation sites is 1. The number of hydrogen-bond donors (Lipinski definition) is 1. The van der Waals surface area contributed by atoms with Crippen LogP contribution in [-0.2, 0) is 15.0 Å². The molecule has 33 heavy (non-hydrogen) atoms. The Hall–Kier alpha value is -2.86. The molecule has 0 saturated carbocycles. The van der Waals surface area contributed by atoms with Crippen LogP contribution < -0.4 is 10.2 Å². The highest BCUT2D eigenvalue weighted by molar-refractivity contribution is 5.91. The summed E-state index contributed by atoms with van der Waals surface area (Å²) in [6.07, 6.45) is 3.16. The van der Waals surface area contributed by atoms with Gasteiger partial charge >= 0.3 is 0 Å². The smallest absolute Gasteiger partial charge is 0.232 e. The summed E-state index contributed by atoms with van der Waals surface area (Å²) < 4.78 is 0. The highest BCUT2D eigenvalue weighted by atomic mass is 16.2. The van der Waals surface area contributed by atoms with Crippen molar-refractivity contribution < 1.29 is 9.59 Å². The van der Waals surface area contributed by atoms with Crippen LogP contribution in [0.1, 0.15) is 31.2 Å². The highest BCUT2D eigenvalue weighted by Gasteiger charge is 2.53. The summed E-state index contributed by atoms with van der Waals surface area (Å²) in [6, 6.07) is 20.8. The van der Waals surface area contributed by atoms with Crippen LogP contribution >= 0.6 is 0 Å². The SMILES string of the molecule is O=C1CC[C@H]2C[C@@](C(=O)NCCCN3CCN(c4ccccc4)CC3)(c3ccccc3)CN12. The number of amides is 2. The Balaban J connectivity index is 1.13. The quantitative estimate of drug-likeness (QED) is 0.665. The van der Waals surface area contributed by atoms with Crippen molar-refractivity contribution in [2.75, 3.05) is 50.7 Å². The van der Waals surface area contributed by atoms with Gasteiger partial charge in [0, 0.05) is 57.4 Å². The summed E-state index contributed by atoms with van der Waals surface area (Å²) in [7, 11) is 0. The van der Waals surface area contributed by atoms with Crippen LogP contribution in [0.2, 0.25) is 0 Å². The second-order valence-corrected chi connectivity index (χ2v) is 9.64. The molecule has 2 atom stereocenters. The van der Waals surface area contributed by atoms with Crippen molar-refractivity contribution in [2.24, 2.45) is 0 Å². The lowest BCUT2D eigenvalue weighted by molar-refractivity contribution is -0.129. The van der Waals surface area contributed by atoms with Crippen LogP contribution in [0.15, 0.2) is 60.7 Å². The monoisotopic (exact) mass is 446 g/mol. The second-order valence-electron chi connectivity index (χ2n) is 9.64.